The molecule has 1 heterocycles. The summed E-state index contributed by atoms with van der Waals surface area (Å²) in [6, 6.07) is 15.4. The molecule has 1 atom stereocenters. The van der Waals surface area contributed by atoms with Gasteiger partial charge in [0.2, 0.25) is 5.91 Å². The Bertz CT molecular complexity index is 1110. The molecule has 0 spiro atoms. The minimum absolute atomic E-state index is 0.0463. The number of H-pyrrole nitrogens is 1. The van der Waals surface area contributed by atoms with Crippen molar-refractivity contribution in [3.63, 3.8) is 0 Å². The highest BCUT2D eigenvalue weighted by Crippen LogP contribution is 2.34. The lowest BCUT2D eigenvalue weighted by atomic mass is 9.91. The third kappa shape index (κ3) is 5.64. The van der Waals surface area contributed by atoms with Gasteiger partial charge in [-0.15, -0.1) is 0 Å². The summed E-state index contributed by atoms with van der Waals surface area (Å²) < 4.78 is 24.4. The molecule has 3 aromatic rings. The molecule has 0 aliphatic heterocycles. The van der Waals surface area contributed by atoms with E-state index in [9.17, 15) is 13.2 Å². The van der Waals surface area contributed by atoms with E-state index in [0.717, 1.165) is 34.9 Å². The maximum absolute atomic E-state index is 12.4. The predicted octanol–water partition coefficient (Wildman–Crippen LogP) is 4.67. The summed E-state index contributed by atoms with van der Waals surface area (Å²) >= 11 is 6.46. The molecule has 0 saturated carbocycles. The Morgan fingerprint density at radius 1 is 1.07 bits per heavy atom. The molecule has 0 radical (unpaired) electrons. The Hall–Kier alpha value is -2.31. The number of rotatable bonds is 10. The van der Waals surface area contributed by atoms with Gasteiger partial charge in [0.15, 0.2) is 9.84 Å². The molecule has 2 N–H and O–H groups in total. The lowest BCUT2D eigenvalue weighted by molar-refractivity contribution is -0.118. The Kier molecular flexibility index (Phi) is 7.56. The van der Waals surface area contributed by atoms with Gasteiger partial charge in [0.1, 0.15) is 5.75 Å². The molecular weight excluding hydrogens is 420 g/mol. The van der Waals surface area contributed by atoms with E-state index in [-0.39, 0.29) is 18.2 Å². The Morgan fingerprint density at radius 2 is 1.80 bits per heavy atom. The van der Waals surface area contributed by atoms with Crippen molar-refractivity contribution in [2.75, 3.05) is 18.1 Å². The van der Waals surface area contributed by atoms with Gasteiger partial charge in [-0.3, -0.25) is 4.79 Å². The monoisotopic (exact) mass is 446 g/mol. The molecule has 5 nitrogen and oxygen atoms in total. The van der Waals surface area contributed by atoms with Crippen molar-refractivity contribution in [1.29, 1.82) is 0 Å². The maximum atomic E-state index is 12.4. The van der Waals surface area contributed by atoms with E-state index >= 15 is 0 Å². The summed E-state index contributed by atoms with van der Waals surface area (Å²) in [5, 5.41) is 4.47. The largest absolute Gasteiger partial charge is 0.361 e. The zero-order chi connectivity index (χ0) is 21.6. The quantitative estimate of drug-likeness (QED) is 0.444. The molecule has 3 rings (SSSR count). The number of aromatic amines is 1. The van der Waals surface area contributed by atoms with Crippen LogP contribution < -0.4 is 5.32 Å². The molecule has 30 heavy (non-hydrogen) atoms. The van der Waals surface area contributed by atoms with Crippen LogP contribution in [-0.4, -0.2) is 37.4 Å². The first-order valence-electron chi connectivity index (χ1n) is 10.2. The molecule has 2 aromatic carbocycles. The number of carbonyl (C=O) groups excluding carboxylic acids is 1. The van der Waals surface area contributed by atoms with Gasteiger partial charge in [-0.1, -0.05) is 67.8 Å². The van der Waals surface area contributed by atoms with Crippen LogP contribution in [0, 0.1) is 0 Å². The number of halogens is 1. The van der Waals surface area contributed by atoms with E-state index in [1.54, 1.807) is 0 Å². The van der Waals surface area contributed by atoms with Crippen molar-refractivity contribution in [3.05, 3.63) is 70.9 Å². The van der Waals surface area contributed by atoms with Crippen molar-refractivity contribution in [2.24, 2.45) is 0 Å². The number of aromatic nitrogens is 1. The maximum Gasteiger partial charge on any atom is 0.235 e. The number of sulfone groups is 1. The second-order valence-electron chi connectivity index (χ2n) is 7.47. The first kappa shape index (κ1) is 22.4. The Morgan fingerprint density at radius 3 is 2.57 bits per heavy atom. The van der Waals surface area contributed by atoms with Crippen LogP contribution in [0.5, 0.6) is 0 Å². The normalized spacial score (nSPS) is 12.7. The number of benzene rings is 2. The smallest absolute Gasteiger partial charge is 0.235 e. The second-order valence-corrected chi connectivity index (χ2v) is 10.1. The Balaban J connectivity index is 1.79. The summed E-state index contributed by atoms with van der Waals surface area (Å²) in [6.07, 6.45) is 4.29. The van der Waals surface area contributed by atoms with Crippen LogP contribution in [0.25, 0.3) is 10.9 Å². The van der Waals surface area contributed by atoms with Gasteiger partial charge in [0, 0.05) is 34.6 Å². The number of amides is 1. The summed E-state index contributed by atoms with van der Waals surface area (Å²) in [4.78, 5) is 15.7. The van der Waals surface area contributed by atoms with E-state index in [1.165, 1.54) is 0 Å². The highest BCUT2D eigenvalue weighted by atomic mass is 35.5. The molecule has 7 heteroatoms. The fourth-order valence-electron chi connectivity index (χ4n) is 3.64. The Labute approximate surface area is 182 Å². The zero-order valence-corrected chi connectivity index (χ0v) is 18.6. The lowest BCUT2D eigenvalue weighted by Crippen LogP contribution is -2.34. The van der Waals surface area contributed by atoms with E-state index in [2.05, 4.69) is 10.3 Å². The third-order valence-electron chi connectivity index (χ3n) is 5.19. The van der Waals surface area contributed by atoms with Crippen LogP contribution in [0.4, 0.5) is 0 Å². The lowest BCUT2D eigenvalue weighted by Gasteiger charge is -2.19. The minimum Gasteiger partial charge on any atom is -0.361 e. The van der Waals surface area contributed by atoms with Crippen molar-refractivity contribution in [2.45, 2.75) is 32.1 Å². The van der Waals surface area contributed by atoms with Gasteiger partial charge < -0.3 is 10.3 Å². The van der Waals surface area contributed by atoms with Gasteiger partial charge >= 0.3 is 0 Å². The second kappa shape index (κ2) is 10.1. The van der Waals surface area contributed by atoms with E-state index in [1.807, 2.05) is 61.7 Å². The summed E-state index contributed by atoms with van der Waals surface area (Å²) in [7, 11) is -3.41. The van der Waals surface area contributed by atoms with Crippen LogP contribution in [-0.2, 0) is 14.6 Å². The van der Waals surface area contributed by atoms with Gasteiger partial charge in [-0.25, -0.2) is 8.42 Å². The topological polar surface area (TPSA) is 79.0 Å². The molecule has 0 aliphatic rings. The number of hydrogen-bond acceptors (Lipinski definition) is 3. The number of fused-ring (bicyclic) bond motifs is 1. The van der Waals surface area contributed by atoms with Gasteiger partial charge in [-0.05, 0) is 29.7 Å². The van der Waals surface area contributed by atoms with Crippen molar-refractivity contribution < 1.29 is 13.2 Å². The summed E-state index contributed by atoms with van der Waals surface area (Å²) in [5.41, 5.74) is 2.88. The molecular formula is C23H27ClN2O3S. The van der Waals surface area contributed by atoms with E-state index in [4.69, 9.17) is 11.6 Å². The van der Waals surface area contributed by atoms with Gasteiger partial charge in [0.05, 0.1) is 5.75 Å². The average molecular weight is 447 g/mol. The molecule has 0 bridgehead atoms. The molecule has 1 unspecified atom stereocenters. The number of unbranched alkanes of at least 4 members (excludes halogenated alkanes) is 2. The van der Waals surface area contributed by atoms with Crippen LogP contribution in [0.1, 0.15) is 43.2 Å². The number of nitrogens with one attached hydrogen (secondary N) is 2. The van der Waals surface area contributed by atoms with Gasteiger partial charge in [0.25, 0.3) is 0 Å². The van der Waals surface area contributed by atoms with E-state index in [0.29, 0.717) is 11.4 Å². The van der Waals surface area contributed by atoms with Crippen LogP contribution in [0.15, 0.2) is 54.7 Å². The number of para-hydroxylation sites is 1. The first-order valence-corrected chi connectivity index (χ1v) is 12.4. The number of carbonyl (C=O) groups is 1. The third-order valence-corrected chi connectivity index (χ3v) is 7.15. The highest BCUT2D eigenvalue weighted by Gasteiger charge is 2.22. The molecule has 0 saturated heterocycles. The van der Waals surface area contributed by atoms with Crippen molar-refractivity contribution in [1.82, 2.24) is 10.3 Å². The fourth-order valence-corrected chi connectivity index (χ4v) is 5.20. The minimum atomic E-state index is -3.41. The number of hydrogen-bond donors (Lipinski definition) is 2. The summed E-state index contributed by atoms with van der Waals surface area (Å²) in [5.74, 6) is -1.13. The highest BCUT2D eigenvalue weighted by molar-refractivity contribution is 7.92. The standard InChI is InChI=1S/C23H27ClN2O3S/c1-2-3-8-13-30(28,29)16-23(27)26-15-19(17-9-4-6-11-21(17)24)20-14-25-22-12-7-5-10-18(20)22/h4-7,9-12,14,19,25H,2-3,8,13,15-16H2,1H3,(H,26,27). The first-order chi connectivity index (χ1) is 14.4. The van der Waals surface area contributed by atoms with Crippen molar-refractivity contribution in [3.8, 4) is 0 Å². The predicted molar refractivity (Wildman–Crippen MR) is 123 cm³/mol. The molecule has 160 valence electrons. The van der Waals surface area contributed by atoms with Crippen LogP contribution in [0.3, 0.4) is 0 Å². The zero-order valence-electron chi connectivity index (χ0n) is 17.0. The van der Waals surface area contributed by atoms with Crippen molar-refractivity contribution >= 4 is 38.2 Å². The van der Waals surface area contributed by atoms with Gasteiger partial charge in [-0.2, -0.15) is 0 Å². The molecule has 1 aromatic heterocycles. The van der Waals surface area contributed by atoms with Crippen LogP contribution in [0.2, 0.25) is 5.02 Å². The molecule has 0 fully saturated rings. The summed E-state index contributed by atoms with van der Waals surface area (Å²) in [6.45, 7) is 2.27. The average Bonchev–Trinajstić information content (AvgIpc) is 3.13. The molecule has 1 amide bonds. The van der Waals surface area contributed by atoms with E-state index < -0.39 is 21.5 Å². The fraction of sp³-hybridized carbons (Fsp3) is 0.348. The van der Waals surface area contributed by atoms with Crippen LogP contribution >= 0.6 is 11.6 Å². The SMILES string of the molecule is CCCCCS(=O)(=O)CC(=O)NCC(c1ccccc1Cl)c1c[nH]c2ccccc12. The molecule has 0 aliphatic carbocycles.